The first-order valence-corrected chi connectivity index (χ1v) is 6.81. The predicted octanol–water partition coefficient (Wildman–Crippen LogP) is 1.57. The first-order valence-electron chi connectivity index (χ1n) is 6.81. The van der Waals surface area contributed by atoms with E-state index < -0.39 is 6.10 Å². The normalized spacial score (nSPS) is 14.8. The van der Waals surface area contributed by atoms with E-state index in [1.165, 1.54) is 6.42 Å². The molecule has 17 heavy (non-hydrogen) atoms. The van der Waals surface area contributed by atoms with Crippen molar-refractivity contribution in [3.05, 3.63) is 0 Å². The van der Waals surface area contributed by atoms with Crippen molar-refractivity contribution in [2.24, 2.45) is 0 Å². The highest BCUT2D eigenvalue weighted by Crippen LogP contribution is 2.00. The van der Waals surface area contributed by atoms with Crippen LogP contribution in [0.2, 0.25) is 0 Å². The van der Waals surface area contributed by atoms with Gasteiger partial charge in [-0.15, -0.1) is 0 Å². The van der Waals surface area contributed by atoms with Crippen molar-refractivity contribution in [3.8, 4) is 0 Å². The molecule has 0 heterocycles. The molecule has 2 unspecified atom stereocenters. The van der Waals surface area contributed by atoms with Gasteiger partial charge >= 0.3 is 0 Å². The summed E-state index contributed by atoms with van der Waals surface area (Å²) < 4.78 is 10.4. The quantitative estimate of drug-likeness (QED) is 0.514. The molecule has 0 spiro atoms. The van der Waals surface area contributed by atoms with E-state index in [-0.39, 0.29) is 0 Å². The lowest BCUT2D eigenvalue weighted by atomic mass is 10.1. The molecule has 0 radical (unpaired) electrons. The molecular weight excluding hydrogens is 218 g/mol. The van der Waals surface area contributed by atoms with E-state index in [1.54, 1.807) is 0 Å². The third-order valence-corrected chi connectivity index (χ3v) is 2.66. The minimum absolute atomic E-state index is 0.378. The van der Waals surface area contributed by atoms with Gasteiger partial charge in [-0.25, -0.2) is 0 Å². The van der Waals surface area contributed by atoms with E-state index in [1.807, 2.05) is 6.92 Å². The van der Waals surface area contributed by atoms with E-state index in [2.05, 4.69) is 19.2 Å². The average Bonchev–Trinajstić information content (AvgIpc) is 2.34. The largest absolute Gasteiger partial charge is 0.389 e. The highest BCUT2D eigenvalue weighted by atomic mass is 16.5. The zero-order valence-electron chi connectivity index (χ0n) is 11.6. The summed E-state index contributed by atoms with van der Waals surface area (Å²) in [6.45, 7) is 9.15. The van der Waals surface area contributed by atoms with Gasteiger partial charge in [-0.05, 0) is 19.8 Å². The van der Waals surface area contributed by atoms with Gasteiger partial charge in [0.25, 0.3) is 0 Å². The van der Waals surface area contributed by atoms with Crippen molar-refractivity contribution in [2.75, 3.05) is 33.0 Å². The molecule has 0 aromatic carbocycles. The Labute approximate surface area is 106 Å². The second-order valence-electron chi connectivity index (χ2n) is 4.23. The summed E-state index contributed by atoms with van der Waals surface area (Å²) in [4.78, 5) is 0. The molecule has 4 nitrogen and oxygen atoms in total. The van der Waals surface area contributed by atoms with Gasteiger partial charge in [-0.2, -0.15) is 0 Å². The number of aliphatic hydroxyl groups is 1. The Morgan fingerprint density at radius 1 is 1.12 bits per heavy atom. The topological polar surface area (TPSA) is 50.7 Å². The van der Waals surface area contributed by atoms with Crippen molar-refractivity contribution in [1.82, 2.24) is 5.32 Å². The molecule has 0 rings (SSSR count). The van der Waals surface area contributed by atoms with Gasteiger partial charge in [-0.1, -0.05) is 20.3 Å². The number of hydrogen-bond acceptors (Lipinski definition) is 4. The Balaban J connectivity index is 3.40. The van der Waals surface area contributed by atoms with Crippen LogP contribution in [0.25, 0.3) is 0 Å². The molecule has 4 heteroatoms. The summed E-state index contributed by atoms with van der Waals surface area (Å²) in [5, 5.41) is 13.1. The summed E-state index contributed by atoms with van der Waals surface area (Å²) in [6.07, 6.45) is 3.01. The smallest absolute Gasteiger partial charge is 0.0897 e. The summed E-state index contributed by atoms with van der Waals surface area (Å²) in [6, 6.07) is 0.512. The van der Waals surface area contributed by atoms with Crippen LogP contribution >= 0.6 is 0 Å². The molecular formula is C13H29NO3. The third kappa shape index (κ3) is 10.7. The molecule has 0 aromatic heterocycles. The summed E-state index contributed by atoms with van der Waals surface area (Å²) in [7, 11) is 0. The highest BCUT2D eigenvalue weighted by molar-refractivity contribution is 4.67. The van der Waals surface area contributed by atoms with Crippen LogP contribution in [0.4, 0.5) is 0 Å². The van der Waals surface area contributed by atoms with Crippen molar-refractivity contribution in [1.29, 1.82) is 0 Å². The number of rotatable bonds is 12. The van der Waals surface area contributed by atoms with E-state index in [0.29, 0.717) is 39.0 Å². The summed E-state index contributed by atoms with van der Waals surface area (Å²) in [5.74, 6) is 0. The van der Waals surface area contributed by atoms with Crippen LogP contribution in [0.5, 0.6) is 0 Å². The van der Waals surface area contributed by atoms with Crippen LogP contribution in [0.3, 0.4) is 0 Å². The molecule has 0 fully saturated rings. The molecule has 0 aliphatic carbocycles. The highest BCUT2D eigenvalue weighted by Gasteiger charge is 2.08. The number of aliphatic hydroxyl groups excluding tert-OH is 1. The Hall–Kier alpha value is -0.160. The lowest BCUT2D eigenvalue weighted by Crippen LogP contribution is -2.37. The fraction of sp³-hybridized carbons (Fsp3) is 1.00. The van der Waals surface area contributed by atoms with Crippen LogP contribution in [0, 0.1) is 0 Å². The summed E-state index contributed by atoms with van der Waals surface area (Å²) >= 11 is 0. The standard InChI is InChI=1S/C13H29NO3/c1-4-7-12(5-2)14-10-13(15)11-17-9-8-16-6-3/h12-15H,4-11H2,1-3H3. The molecule has 0 aromatic rings. The molecule has 0 amide bonds. The lowest BCUT2D eigenvalue weighted by Gasteiger charge is -2.19. The van der Waals surface area contributed by atoms with Crippen LogP contribution in [-0.2, 0) is 9.47 Å². The van der Waals surface area contributed by atoms with Gasteiger partial charge in [0, 0.05) is 19.2 Å². The van der Waals surface area contributed by atoms with E-state index in [0.717, 1.165) is 12.8 Å². The Kier molecular flexibility index (Phi) is 12.2. The maximum Gasteiger partial charge on any atom is 0.0897 e. The minimum atomic E-state index is -0.428. The molecule has 2 N–H and O–H groups in total. The molecule has 2 atom stereocenters. The van der Waals surface area contributed by atoms with Crippen molar-refractivity contribution < 1.29 is 14.6 Å². The predicted molar refractivity (Wildman–Crippen MR) is 70.3 cm³/mol. The molecule has 0 saturated carbocycles. The number of hydrogen-bond donors (Lipinski definition) is 2. The Bertz CT molecular complexity index is 156. The third-order valence-electron chi connectivity index (χ3n) is 2.66. The van der Waals surface area contributed by atoms with Crippen LogP contribution < -0.4 is 5.32 Å². The SMILES string of the molecule is CCCC(CC)NCC(O)COCCOCC. The maximum atomic E-state index is 9.69. The Morgan fingerprint density at radius 2 is 1.82 bits per heavy atom. The monoisotopic (exact) mass is 247 g/mol. The van der Waals surface area contributed by atoms with E-state index in [9.17, 15) is 5.11 Å². The number of ether oxygens (including phenoxy) is 2. The van der Waals surface area contributed by atoms with Gasteiger partial charge in [0.15, 0.2) is 0 Å². The first-order chi connectivity index (χ1) is 8.24. The van der Waals surface area contributed by atoms with Crippen molar-refractivity contribution in [3.63, 3.8) is 0 Å². The second-order valence-corrected chi connectivity index (χ2v) is 4.23. The fourth-order valence-corrected chi connectivity index (χ4v) is 1.64. The summed E-state index contributed by atoms with van der Waals surface area (Å²) in [5.41, 5.74) is 0. The molecule has 104 valence electrons. The van der Waals surface area contributed by atoms with E-state index >= 15 is 0 Å². The van der Waals surface area contributed by atoms with Crippen LogP contribution in [0.1, 0.15) is 40.0 Å². The number of nitrogens with one attached hydrogen (secondary N) is 1. The van der Waals surface area contributed by atoms with Crippen LogP contribution in [0.15, 0.2) is 0 Å². The van der Waals surface area contributed by atoms with Gasteiger partial charge in [0.05, 0.1) is 25.9 Å². The second kappa shape index (κ2) is 12.3. The lowest BCUT2D eigenvalue weighted by molar-refractivity contribution is 0.00562. The minimum Gasteiger partial charge on any atom is -0.389 e. The van der Waals surface area contributed by atoms with Crippen LogP contribution in [-0.4, -0.2) is 50.2 Å². The van der Waals surface area contributed by atoms with Gasteiger partial charge in [0.1, 0.15) is 0 Å². The average molecular weight is 247 g/mol. The molecule has 0 bridgehead atoms. The van der Waals surface area contributed by atoms with Crippen molar-refractivity contribution in [2.45, 2.75) is 52.2 Å². The maximum absolute atomic E-state index is 9.69. The van der Waals surface area contributed by atoms with Crippen molar-refractivity contribution >= 4 is 0 Å². The molecule has 0 aliphatic heterocycles. The molecule has 0 aliphatic rings. The Morgan fingerprint density at radius 3 is 2.41 bits per heavy atom. The first kappa shape index (κ1) is 16.8. The zero-order chi connectivity index (χ0) is 12.9. The van der Waals surface area contributed by atoms with Gasteiger partial charge in [0.2, 0.25) is 0 Å². The van der Waals surface area contributed by atoms with E-state index in [4.69, 9.17) is 9.47 Å². The zero-order valence-corrected chi connectivity index (χ0v) is 11.6. The fourth-order valence-electron chi connectivity index (χ4n) is 1.64. The molecule has 0 saturated heterocycles. The van der Waals surface area contributed by atoms with Gasteiger partial charge in [-0.3, -0.25) is 0 Å². The van der Waals surface area contributed by atoms with Gasteiger partial charge < -0.3 is 19.9 Å².